The van der Waals surface area contributed by atoms with Gasteiger partial charge < -0.3 is 4.90 Å². The highest BCUT2D eigenvalue weighted by atomic mass is 15.2. The number of anilines is 1. The Morgan fingerprint density at radius 1 is 1.21 bits per heavy atom. The second kappa shape index (κ2) is 2.97. The molecule has 2 aromatic rings. The molecule has 2 aromatic heterocycles. The van der Waals surface area contributed by atoms with Crippen LogP contribution >= 0.6 is 0 Å². The molecule has 0 aliphatic carbocycles. The zero-order valence-corrected chi connectivity index (χ0v) is 7.90. The van der Waals surface area contributed by atoms with E-state index >= 15 is 0 Å². The number of hydrogen-bond donors (Lipinski definition) is 1. The average Bonchev–Trinajstić information content (AvgIpc) is 2.88. The van der Waals surface area contributed by atoms with Gasteiger partial charge in [-0.25, -0.2) is 4.98 Å². The largest absolute Gasteiger partial charge is 0.357 e. The summed E-state index contributed by atoms with van der Waals surface area (Å²) in [5.74, 6) is 1.08. The lowest BCUT2D eigenvalue weighted by atomic mass is 10.3. The van der Waals surface area contributed by atoms with Gasteiger partial charge in [0.05, 0.1) is 11.7 Å². The molecule has 0 atom stereocenters. The highest BCUT2D eigenvalue weighted by Crippen LogP contribution is 2.19. The minimum atomic E-state index is 0.953. The lowest BCUT2D eigenvalue weighted by Crippen LogP contribution is -2.18. The molecule has 1 saturated heterocycles. The van der Waals surface area contributed by atoms with Crippen molar-refractivity contribution in [1.82, 2.24) is 15.2 Å². The van der Waals surface area contributed by atoms with E-state index in [9.17, 15) is 0 Å². The molecule has 0 unspecified atom stereocenters. The summed E-state index contributed by atoms with van der Waals surface area (Å²) in [6.07, 6.45) is 4.34. The first-order valence-electron chi connectivity index (χ1n) is 4.98. The van der Waals surface area contributed by atoms with E-state index in [2.05, 4.69) is 26.1 Å². The van der Waals surface area contributed by atoms with Gasteiger partial charge in [0, 0.05) is 13.1 Å². The normalized spacial score (nSPS) is 16.7. The lowest BCUT2D eigenvalue weighted by Gasteiger charge is -2.15. The van der Waals surface area contributed by atoms with Crippen LogP contribution in [0.4, 0.5) is 5.82 Å². The third kappa shape index (κ3) is 1.14. The van der Waals surface area contributed by atoms with Crippen molar-refractivity contribution in [3.8, 4) is 0 Å². The van der Waals surface area contributed by atoms with Gasteiger partial charge in [-0.15, -0.1) is 0 Å². The summed E-state index contributed by atoms with van der Waals surface area (Å²) in [6.45, 7) is 2.27. The zero-order valence-electron chi connectivity index (χ0n) is 7.90. The monoisotopic (exact) mass is 188 g/mol. The minimum Gasteiger partial charge on any atom is -0.357 e. The molecular weight excluding hydrogens is 176 g/mol. The van der Waals surface area contributed by atoms with Crippen LogP contribution in [0, 0.1) is 0 Å². The van der Waals surface area contributed by atoms with Gasteiger partial charge in [-0.2, -0.15) is 5.10 Å². The molecule has 0 amide bonds. The summed E-state index contributed by atoms with van der Waals surface area (Å²) in [6, 6.07) is 4.11. The second-order valence-electron chi connectivity index (χ2n) is 3.67. The van der Waals surface area contributed by atoms with Gasteiger partial charge >= 0.3 is 0 Å². The van der Waals surface area contributed by atoms with Crippen molar-refractivity contribution in [2.75, 3.05) is 18.0 Å². The molecule has 14 heavy (non-hydrogen) atoms. The highest BCUT2D eigenvalue weighted by molar-refractivity contribution is 5.75. The van der Waals surface area contributed by atoms with Crippen molar-refractivity contribution in [3.63, 3.8) is 0 Å². The van der Waals surface area contributed by atoms with Crippen LogP contribution in [0.15, 0.2) is 18.3 Å². The molecule has 1 aliphatic rings. The van der Waals surface area contributed by atoms with Crippen LogP contribution < -0.4 is 4.90 Å². The smallest absolute Gasteiger partial charge is 0.129 e. The summed E-state index contributed by atoms with van der Waals surface area (Å²) in [7, 11) is 0. The Morgan fingerprint density at radius 3 is 2.93 bits per heavy atom. The van der Waals surface area contributed by atoms with Crippen LogP contribution in [-0.4, -0.2) is 28.3 Å². The van der Waals surface area contributed by atoms with Gasteiger partial charge in [0.25, 0.3) is 0 Å². The predicted octanol–water partition coefficient (Wildman–Crippen LogP) is 1.56. The molecule has 0 bridgehead atoms. The Kier molecular flexibility index (Phi) is 1.65. The maximum Gasteiger partial charge on any atom is 0.129 e. The average molecular weight is 188 g/mol. The van der Waals surface area contributed by atoms with E-state index in [1.54, 1.807) is 6.20 Å². The van der Waals surface area contributed by atoms with Crippen LogP contribution in [0.3, 0.4) is 0 Å². The van der Waals surface area contributed by atoms with Gasteiger partial charge in [-0.1, -0.05) is 0 Å². The fourth-order valence-corrected chi connectivity index (χ4v) is 1.94. The standard InChI is InChI=1S/C10H12N4/c1-2-6-14(5-1)10-4-3-8-9(12-10)7-11-13-8/h3-4,7H,1-2,5-6H2,(H,11,13). The molecule has 0 radical (unpaired) electrons. The highest BCUT2D eigenvalue weighted by Gasteiger charge is 2.13. The van der Waals surface area contributed by atoms with Crippen LogP contribution in [0.25, 0.3) is 11.0 Å². The second-order valence-corrected chi connectivity index (χ2v) is 3.67. The van der Waals surface area contributed by atoms with Crippen molar-refractivity contribution < 1.29 is 0 Å². The van der Waals surface area contributed by atoms with Crippen molar-refractivity contribution in [2.24, 2.45) is 0 Å². The van der Waals surface area contributed by atoms with E-state index < -0.39 is 0 Å². The fourth-order valence-electron chi connectivity index (χ4n) is 1.94. The van der Waals surface area contributed by atoms with Crippen LogP contribution in [0.5, 0.6) is 0 Å². The van der Waals surface area contributed by atoms with Crippen molar-refractivity contribution in [2.45, 2.75) is 12.8 Å². The predicted molar refractivity (Wildman–Crippen MR) is 55.3 cm³/mol. The van der Waals surface area contributed by atoms with Gasteiger partial charge in [0.15, 0.2) is 0 Å². The van der Waals surface area contributed by atoms with Crippen LogP contribution in [-0.2, 0) is 0 Å². The number of hydrogen-bond acceptors (Lipinski definition) is 3. The summed E-state index contributed by atoms with van der Waals surface area (Å²) in [5, 5.41) is 6.87. The number of rotatable bonds is 1. The van der Waals surface area contributed by atoms with E-state index in [-0.39, 0.29) is 0 Å². The van der Waals surface area contributed by atoms with Crippen LogP contribution in [0.1, 0.15) is 12.8 Å². The van der Waals surface area contributed by atoms with E-state index in [4.69, 9.17) is 0 Å². The molecule has 1 fully saturated rings. The molecule has 3 heterocycles. The van der Waals surface area contributed by atoms with Crippen molar-refractivity contribution in [3.05, 3.63) is 18.3 Å². The number of nitrogens with one attached hydrogen (secondary N) is 1. The first kappa shape index (κ1) is 7.79. The number of aromatic amines is 1. The fraction of sp³-hybridized carbons (Fsp3) is 0.400. The third-order valence-electron chi connectivity index (χ3n) is 2.71. The topological polar surface area (TPSA) is 44.8 Å². The van der Waals surface area contributed by atoms with Crippen molar-refractivity contribution in [1.29, 1.82) is 0 Å². The van der Waals surface area contributed by atoms with Gasteiger partial charge in [0.1, 0.15) is 11.3 Å². The number of fused-ring (bicyclic) bond motifs is 1. The summed E-state index contributed by atoms with van der Waals surface area (Å²) < 4.78 is 0. The first-order valence-corrected chi connectivity index (χ1v) is 4.98. The number of nitrogens with zero attached hydrogens (tertiary/aromatic N) is 3. The minimum absolute atomic E-state index is 0.953. The van der Waals surface area contributed by atoms with E-state index in [1.165, 1.54) is 12.8 Å². The third-order valence-corrected chi connectivity index (χ3v) is 2.71. The molecule has 4 heteroatoms. The maximum absolute atomic E-state index is 4.55. The Labute approximate surface area is 81.9 Å². The molecule has 1 aliphatic heterocycles. The van der Waals surface area contributed by atoms with E-state index in [0.29, 0.717) is 0 Å². The zero-order chi connectivity index (χ0) is 9.38. The molecule has 0 aromatic carbocycles. The summed E-state index contributed by atoms with van der Waals surface area (Å²) >= 11 is 0. The van der Waals surface area contributed by atoms with Gasteiger partial charge in [-0.3, -0.25) is 5.10 Å². The van der Waals surface area contributed by atoms with Crippen molar-refractivity contribution >= 4 is 16.9 Å². The lowest BCUT2D eigenvalue weighted by molar-refractivity contribution is 0.944. The maximum atomic E-state index is 4.55. The summed E-state index contributed by atoms with van der Waals surface area (Å²) in [4.78, 5) is 6.88. The molecule has 0 saturated carbocycles. The SMILES string of the molecule is c1cc2[nH]ncc2nc1N1CCCC1. The Morgan fingerprint density at radius 2 is 2.07 bits per heavy atom. The molecule has 4 nitrogen and oxygen atoms in total. The Balaban J connectivity index is 2.04. The molecule has 0 spiro atoms. The molecule has 72 valence electrons. The molecule has 3 rings (SSSR count). The van der Waals surface area contributed by atoms with E-state index in [1.807, 2.05) is 6.07 Å². The number of aromatic nitrogens is 3. The molecular formula is C10H12N4. The first-order chi connectivity index (χ1) is 6.93. The Hall–Kier alpha value is -1.58. The van der Waals surface area contributed by atoms with Gasteiger partial charge in [0.2, 0.25) is 0 Å². The summed E-state index contributed by atoms with van der Waals surface area (Å²) in [5.41, 5.74) is 1.96. The Bertz CT molecular complexity index is 442. The van der Waals surface area contributed by atoms with Gasteiger partial charge in [-0.05, 0) is 25.0 Å². The number of pyridine rings is 1. The van der Waals surface area contributed by atoms with Crippen LogP contribution in [0.2, 0.25) is 0 Å². The number of H-pyrrole nitrogens is 1. The quantitative estimate of drug-likeness (QED) is 0.738. The van der Waals surface area contributed by atoms with E-state index in [0.717, 1.165) is 29.9 Å². The molecule has 1 N–H and O–H groups in total.